The predicted octanol–water partition coefficient (Wildman–Crippen LogP) is 2.77. The number of hydrogen-bond donors (Lipinski definition) is 2. The monoisotopic (exact) mass is 315 g/mol. The number of rotatable bonds is 4. The lowest BCUT2D eigenvalue weighted by atomic mass is 10.0. The van der Waals surface area contributed by atoms with Gasteiger partial charge in [0.05, 0.1) is 13.3 Å². The van der Waals surface area contributed by atoms with Crippen molar-refractivity contribution in [1.82, 2.24) is 10.7 Å². The van der Waals surface area contributed by atoms with Crippen LogP contribution in [0.4, 0.5) is 0 Å². The lowest BCUT2D eigenvalue weighted by Crippen LogP contribution is -2.42. The quantitative estimate of drug-likeness (QED) is 0.388. The molecule has 0 saturated heterocycles. The van der Waals surface area contributed by atoms with E-state index in [4.69, 9.17) is 17.0 Å². The fraction of sp³-hybridized carbons (Fsp3) is 0.412. The molecule has 2 N–H and O–H groups in total. The molecule has 3 rings (SSSR count). The maximum absolute atomic E-state index is 5.31. The molecule has 0 unspecified atom stereocenters. The van der Waals surface area contributed by atoms with Crippen LogP contribution in [0.25, 0.3) is 0 Å². The van der Waals surface area contributed by atoms with E-state index in [-0.39, 0.29) is 0 Å². The van der Waals surface area contributed by atoms with Gasteiger partial charge in [0, 0.05) is 6.04 Å². The van der Waals surface area contributed by atoms with Gasteiger partial charge in [-0.25, -0.2) is 0 Å². The molecule has 0 heterocycles. The summed E-state index contributed by atoms with van der Waals surface area (Å²) in [7, 11) is 1.67. The van der Waals surface area contributed by atoms with Crippen molar-refractivity contribution in [3.63, 3.8) is 0 Å². The van der Waals surface area contributed by atoms with E-state index in [0.29, 0.717) is 17.1 Å². The minimum absolute atomic E-state index is 0.449. The molecule has 1 aromatic carbocycles. The molecule has 1 saturated carbocycles. The van der Waals surface area contributed by atoms with Gasteiger partial charge in [0.25, 0.3) is 0 Å². The number of ether oxygens (including phenoxy) is 1. The zero-order chi connectivity index (χ0) is 15.5. The van der Waals surface area contributed by atoms with Gasteiger partial charge in [-0.1, -0.05) is 24.3 Å². The largest absolute Gasteiger partial charge is 0.496 e. The van der Waals surface area contributed by atoms with E-state index >= 15 is 0 Å². The van der Waals surface area contributed by atoms with Gasteiger partial charge in [0.15, 0.2) is 5.11 Å². The number of fused-ring (bicyclic) bond motifs is 2. The fourth-order valence-corrected chi connectivity index (χ4v) is 3.43. The van der Waals surface area contributed by atoms with Crippen molar-refractivity contribution in [2.24, 2.45) is 16.9 Å². The van der Waals surface area contributed by atoms with Crippen LogP contribution in [0, 0.1) is 18.8 Å². The number of thiocarbonyl (C=S) groups is 1. The minimum Gasteiger partial charge on any atom is -0.496 e. The Morgan fingerprint density at radius 2 is 2.23 bits per heavy atom. The number of benzene rings is 1. The molecule has 0 radical (unpaired) electrons. The molecule has 22 heavy (non-hydrogen) atoms. The summed E-state index contributed by atoms with van der Waals surface area (Å²) in [4.78, 5) is 0. The van der Waals surface area contributed by atoms with Gasteiger partial charge >= 0.3 is 0 Å². The number of aryl methyl sites for hydroxylation is 1. The second-order valence-electron chi connectivity index (χ2n) is 5.96. The molecule has 1 aromatic rings. The van der Waals surface area contributed by atoms with E-state index in [1.165, 1.54) is 12.8 Å². The van der Waals surface area contributed by atoms with Crippen LogP contribution in [0.15, 0.2) is 35.5 Å². The van der Waals surface area contributed by atoms with Crippen molar-refractivity contribution in [1.29, 1.82) is 0 Å². The first-order chi connectivity index (χ1) is 10.7. The summed E-state index contributed by atoms with van der Waals surface area (Å²) < 4.78 is 5.30. The predicted molar refractivity (Wildman–Crippen MR) is 93.3 cm³/mol. The summed E-state index contributed by atoms with van der Waals surface area (Å²) in [5, 5.41) is 8.14. The Kier molecular flexibility index (Phi) is 4.43. The Morgan fingerprint density at radius 1 is 1.36 bits per heavy atom. The van der Waals surface area contributed by atoms with Gasteiger partial charge in [0.1, 0.15) is 5.75 Å². The van der Waals surface area contributed by atoms with Crippen molar-refractivity contribution < 1.29 is 4.74 Å². The highest BCUT2D eigenvalue weighted by Crippen LogP contribution is 2.38. The fourth-order valence-electron chi connectivity index (χ4n) is 3.23. The number of hydrazone groups is 1. The van der Waals surface area contributed by atoms with Crippen LogP contribution >= 0.6 is 12.2 Å². The standard InChI is InChI=1S/C17H21N3OS/c1-11-3-4-13(9-16(11)21-2)10-18-20-17(22)19-15-8-12-5-6-14(15)7-12/h3-6,9-10,12,14-15H,7-8H2,1-2H3,(H2,19,20,22)/b18-10-/t12-,14-,15+/m0/s1. The third kappa shape index (κ3) is 3.30. The van der Waals surface area contributed by atoms with Crippen LogP contribution in [0.1, 0.15) is 24.0 Å². The number of hydrogen-bond acceptors (Lipinski definition) is 3. The number of allylic oxidation sites excluding steroid dienone is 1. The van der Waals surface area contributed by atoms with E-state index in [9.17, 15) is 0 Å². The second-order valence-corrected chi connectivity index (χ2v) is 6.37. The van der Waals surface area contributed by atoms with Crippen LogP contribution < -0.4 is 15.5 Å². The SMILES string of the molecule is COc1cc(/C=N\NC(=S)N[C@@H]2C[C@H]3C=C[C@H]2C3)ccc1C. The lowest BCUT2D eigenvalue weighted by molar-refractivity contribution is 0.411. The molecule has 1 fully saturated rings. The normalized spacial score (nSPS) is 25.6. The Bertz CT molecular complexity index is 626. The van der Waals surface area contributed by atoms with E-state index in [2.05, 4.69) is 28.0 Å². The Hall–Kier alpha value is -1.88. The Balaban J connectivity index is 1.51. The second kappa shape index (κ2) is 6.48. The molecule has 0 aliphatic heterocycles. The molecule has 2 aliphatic rings. The van der Waals surface area contributed by atoms with Crippen molar-refractivity contribution >= 4 is 23.5 Å². The Labute approximate surface area is 136 Å². The van der Waals surface area contributed by atoms with Crippen LogP contribution in [0.2, 0.25) is 0 Å². The first-order valence-corrected chi connectivity index (χ1v) is 7.99. The van der Waals surface area contributed by atoms with Crippen LogP contribution in [-0.4, -0.2) is 24.5 Å². The third-order valence-electron chi connectivity index (χ3n) is 4.41. The van der Waals surface area contributed by atoms with Gasteiger partial charge in [-0.05, 0) is 61.0 Å². The van der Waals surface area contributed by atoms with E-state index in [0.717, 1.165) is 22.8 Å². The number of methoxy groups -OCH3 is 1. The first-order valence-electron chi connectivity index (χ1n) is 7.58. The van der Waals surface area contributed by atoms with E-state index < -0.39 is 0 Å². The smallest absolute Gasteiger partial charge is 0.187 e. The molecule has 5 heteroatoms. The highest BCUT2D eigenvalue weighted by molar-refractivity contribution is 7.80. The zero-order valence-corrected chi connectivity index (χ0v) is 13.7. The molecule has 0 aromatic heterocycles. The minimum atomic E-state index is 0.449. The molecule has 4 nitrogen and oxygen atoms in total. The summed E-state index contributed by atoms with van der Waals surface area (Å²) in [5.74, 6) is 2.21. The van der Waals surface area contributed by atoms with Crippen molar-refractivity contribution in [2.75, 3.05) is 7.11 Å². The zero-order valence-electron chi connectivity index (χ0n) is 12.9. The van der Waals surface area contributed by atoms with Crippen molar-refractivity contribution in [2.45, 2.75) is 25.8 Å². The van der Waals surface area contributed by atoms with Gasteiger partial charge in [0.2, 0.25) is 0 Å². The van der Waals surface area contributed by atoms with E-state index in [1.54, 1.807) is 13.3 Å². The average Bonchev–Trinajstić information content (AvgIpc) is 3.11. The highest BCUT2D eigenvalue weighted by atomic mass is 32.1. The summed E-state index contributed by atoms with van der Waals surface area (Å²) >= 11 is 5.31. The average molecular weight is 315 g/mol. The molecular weight excluding hydrogens is 294 g/mol. The molecule has 3 atom stereocenters. The maximum atomic E-state index is 5.31. The number of nitrogens with zero attached hydrogens (tertiary/aromatic N) is 1. The molecule has 0 amide bonds. The number of nitrogens with one attached hydrogen (secondary N) is 2. The van der Waals surface area contributed by atoms with Crippen LogP contribution in [0.3, 0.4) is 0 Å². The van der Waals surface area contributed by atoms with Gasteiger partial charge in [-0.3, -0.25) is 5.43 Å². The topological polar surface area (TPSA) is 45.6 Å². The summed E-state index contributed by atoms with van der Waals surface area (Å²) in [5.41, 5.74) is 4.97. The van der Waals surface area contributed by atoms with Crippen molar-refractivity contribution in [3.05, 3.63) is 41.5 Å². The van der Waals surface area contributed by atoms with Gasteiger partial charge < -0.3 is 10.1 Å². The summed E-state index contributed by atoms with van der Waals surface area (Å²) in [6, 6.07) is 6.42. The first kappa shape index (κ1) is 15.0. The molecule has 0 spiro atoms. The maximum Gasteiger partial charge on any atom is 0.187 e. The summed E-state index contributed by atoms with van der Waals surface area (Å²) in [6.45, 7) is 2.01. The van der Waals surface area contributed by atoms with Crippen LogP contribution in [0.5, 0.6) is 5.75 Å². The lowest BCUT2D eigenvalue weighted by Gasteiger charge is -2.20. The molecule has 116 valence electrons. The molecule has 2 bridgehead atoms. The van der Waals surface area contributed by atoms with E-state index in [1.807, 2.05) is 25.1 Å². The Morgan fingerprint density at radius 3 is 2.91 bits per heavy atom. The van der Waals surface area contributed by atoms with Gasteiger partial charge in [-0.15, -0.1) is 0 Å². The van der Waals surface area contributed by atoms with Crippen LogP contribution in [-0.2, 0) is 0 Å². The summed E-state index contributed by atoms with van der Waals surface area (Å²) in [6.07, 6.45) is 8.80. The third-order valence-corrected chi connectivity index (χ3v) is 4.62. The highest BCUT2D eigenvalue weighted by Gasteiger charge is 2.35. The van der Waals surface area contributed by atoms with Gasteiger partial charge in [-0.2, -0.15) is 5.10 Å². The van der Waals surface area contributed by atoms with Crippen molar-refractivity contribution in [3.8, 4) is 5.75 Å². The molecular formula is C17H21N3OS. The molecule has 2 aliphatic carbocycles.